The molecule has 1 aromatic carbocycles. The first-order chi connectivity index (χ1) is 12.2. The van der Waals surface area contributed by atoms with Gasteiger partial charge in [0.15, 0.2) is 5.82 Å². The van der Waals surface area contributed by atoms with Crippen molar-refractivity contribution in [1.82, 2.24) is 20.8 Å². The molecule has 8 heteroatoms. The zero-order valence-corrected chi connectivity index (χ0v) is 13.9. The fourth-order valence-corrected chi connectivity index (χ4v) is 2.26. The SMILES string of the molecule is COc1cccc(C(=O)NCCC(=O)NCc2noc(C3CC3)n2)c1. The Balaban J connectivity index is 1.37. The van der Waals surface area contributed by atoms with Gasteiger partial charge < -0.3 is 19.9 Å². The summed E-state index contributed by atoms with van der Waals surface area (Å²) in [6.45, 7) is 0.459. The first kappa shape index (κ1) is 16.9. The third-order valence-corrected chi connectivity index (χ3v) is 3.82. The Morgan fingerprint density at radius 1 is 1.32 bits per heavy atom. The largest absolute Gasteiger partial charge is 0.497 e. The highest BCUT2D eigenvalue weighted by molar-refractivity contribution is 5.94. The Bertz CT molecular complexity index is 755. The van der Waals surface area contributed by atoms with Gasteiger partial charge in [-0.1, -0.05) is 11.2 Å². The van der Waals surface area contributed by atoms with Gasteiger partial charge in [0.2, 0.25) is 11.8 Å². The number of ether oxygens (including phenoxy) is 1. The highest BCUT2D eigenvalue weighted by atomic mass is 16.5. The standard InChI is InChI=1S/C17H20N4O4/c1-24-13-4-2-3-12(9-13)16(23)18-8-7-15(22)19-10-14-20-17(25-21-14)11-5-6-11/h2-4,9,11H,5-8,10H2,1H3,(H,18,23)(H,19,22). The van der Waals surface area contributed by atoms with E-state index in [4.69, 9.17) is 9.26 Å². The summed E-state index contributed by atoms with van der Waals surface area (Å²) in [6.07, 6.45) is 2.34. The molecule has 132 valence electrons. The molecule has 0 bridgehead atoms. The molecule has 0 atom stereocenters. The molecule has 1 aliphatic rings. The van der Waals surface area contributed by atoms with Crippen LogP contribution in [0.2, 0.25) is 0 Å². The predicted molar refractivity (Wildman–Crippen MR) is 88.1 cm³/mol. The van der Waals surface area contributed by atoms with Crippen LogP contribution in [0.5, 0.6) is 5.75 Å². The average molecular weight is 344 g/mol. The second-order valence-corrected chi connectivity index (χ2v) is 5.84. The van der Waals surface area contributed by atoms with Crippen LogP contribution >= 0.6 is 0 Å². The van der Waals surface area contributed by atoms with Crippen molar-refractivity contribution in [3.05, 3.63) is 41.5 Å². The summed E-state index contributed by atoms with van der Waals surface area (Å²) in [4.78, 5) is 28.1. The zero-order chi connectivity index (χ0) is 17.6. The van der Waals surface area contributed by atoms with Crippen LogP contribution in [-0.4, -0.2) is 35.6 Å². The minimum atomic E-state index is -0.251. The van der Waals surface area contributed by atoms with Crippen molar-refractivity contribution < 1.29 is 18.8 Å². The molecule has 1 saturated carbocycles. The molecule has 0 unspecified atom stereocenters. The lowest BCUT2D eigenvalue weighted by Gasteiger charge is -2.07. The highest BCUT2D eigenvalue weighted by Crippen LogP contribution is 2.38. The first-order valence-corrected chi connectivity index (χ1v) is 8.17. The molecular weight excluding hydrogens is 324 g/mol. The van der Waals surface area contributed by atoms with E-state index in [9.17, 15) is 9.59 Å². The maximum absolute atomic E-state index is 12.0. The summed E-state index contributed by atoms with van der Waals surface area (Å²) < 4.78 is 10.2. The average Bonchev–Trinajstić information content (AvgIpc) is 3.38. The number of amides is 2. The number of carbonyl (C=O) groups excluding carboxylic acids is 2. The van der Waals surface area contributed by atoms with Gasteiger partial charge in [-0.25, -0.2) is 0 Å². The Morgan fingerprint density at radius 3 is 2.92 bits per heavy atom. The molecule has 0 saturated heterocycles. The predicted octanol–water partition coefficient (Wildman–Crippen LogP) is 1.39. The molecule has 2 aromatic rings. The van der Waals surface area contributed by atoms with Crippen molar-refractivity contribution in [3.8, 4) is 5.75 Å². The molecule has 1 fully saturated rings. The fraction of sp³-hybridized carbons (Fsp3) is 0.412. The molecule has 25 heavy (non-hydrogen) atoms. The quantitative estimate of drug-likeness (QED) is 0.749. The molecule has 1 heterocycles. The van der Waals surface area contributed by atoms with Crippen molar-refractivity contribution in [2.75, 3.05) is 13.7 Å². The lowest BCUT2D eigenvalue weighted by molar-refractivity contribution is -0.121. The van der Waals surface area contributed by atoms with Crippen LogP contribution in [0.1, 0.15) is 47.3 Å². The summed E-state index contributed by atoms with van der Waals surface area (Å²) >= 11 is 0. The van der Waals surface area contributed by atoms with Gasteiger partial charge >= 0.3 is 0 Å². The Labute approximate surface area is 144 Å². The molecule has 3 rings (SSSR count). The number of methoxy groups -OCH3 is 1. The van der Waals surface area contributed by atoms with Gasteiger partial charge in [0, 0.05) is 24.4 Å². The van der Waals surface area contributed by atoms with E-state index in [-0.39, 0.29) is 31.3 Å². The second kappa shape index (κ2) is 7.78. The highest BCUT2D eigenvalue weighted by Gasteiger charge is 2.29. The maximum Gasteiger partial charge on any atom is 0.251 e. The molecule has 8 nitrogen and oxygen atoms in total. The van der Waals surface area contributed by atoms with Crippen LogP contribution in [0.15, 0.2) is 28.8 Å². The number of benzene rings is 1. The topological polar surface area (TPSA) is 106 Å². The minimum absolute atomic E-state index is 0.170. The van der Waals surface area contributed by atoms with Crippen molar-refractivity contribution in [3.63, 3.8) is 0 Å². The first-order valence-electron chi connectivity index (χ1n) is 8.17. The minimum Gasteiger partial charge on any atom is -0.497 e. The van der Waals surface area contributed by atoms with E-state index in [1.165, 1.54) is 0 Å². The normalized spacial score (nSPS) is 13.3. The van der Waals surface area contributed by atoms with Crippen molar-refractivity contribution >= 4 is 11.8 Å². The summed E-state index contributed by atoms with van der Waals surface area (Å²) in [5.74, 6) is 1.67. The van der Waals surface area contributed by atoms with Crippen LogP contribution in [-0.2, 0) is 11.3 Å². The van der Waals surface area contributed by atoms with Gasteiger partial charge in [-0.2, -0.15) is 4.98 Å². The Hall–Kier alpha value is -2.90. The van der Waals surface area contributed by atoms with Gasteiger partial charge in [-0.05, 0) is 31.0 Å². The lowest BCUT2D eigenvalue weighted by atomic mass is 10.2. The van der Waals surface area contributed by atoms with E-state index in [0.717, 1.165) is 12.8 Å². The summed E-state index contributed by atoms with van der Waals surface area (Å²) in [6, 6.07) is 6.83. The summed E-state index contributed by atoms with van der Waals surface area (Å²) in [5.41, 5.74) is 0.485. The van der Waals surface area contributed by atoms with Crippen LogP contribution in [0.25, 0.3) is 0 Å². The third-order valence-electron chi connectivity index (χ3n) is 3.82. The molecule has 1 aromatic heterocycles. The van der Waals surface area contributed by atoms with Crippen molar-refractivity contribution in [2.45, 2.75) is 31.7 Å². The van der Waals surface area contributed by atoms with E-state index in [1.807, 2.05) is 0 Å². The second-order valence-electron chi connectivity index (χ2n) is 5.84. The van der Waals surface area contributed by atoms with Crippen molar-refractivity contribution in [2.24, 2.45) is 0 Å². The Morgan fingerprint density at radius 2 is 2.16 bits per heavy atom. The zero-order valence-electron chi connectivity index (χ0n) is 13.9. The van der Waals surface area contributed by atoms with Gasteiger partial charge in [0.05, 0.1) is 13.7 Å². The van der Waals surface area contributed by atoms with E-state index < -0.39 is 0 Å². The molecule has 0 aliphatic heterocycles. The van der Waals surface area contributed by atoms with Gasteiger partial charge in [0.1, 0.15) is 5.75 Å². The number of hydrogen-bond acceptors (Lipinski definition) is 6. The van der Waals surface area contributed by atoms with Crippen LogP contribution in [0, 0.1) is 0 Å². The molecule has 0 radical (unpaired) electrons. The molecular formula is C17H20N4O4. The van der Waals surface area contributed by atoms with Crippen LogP contribution in [0.3, 0.4) is 0 Å². The molecule has 2 amide bonds. The Kier molecular flexibility index (Phi) is 5.27. The van der Waals surface area contributed by atoms with Gasteiger partial charge in [0.25, 0.3) is 5.91 Å². The van der Waals surface area contributed by atoms with Gasteiger partial charge in [-0.3, -0.25) is 9.59 Å². The fourth-order valence-electron chi connectivity index (χ4n) is 2.26. The third kappa shape index (κ3) is 4.79. The smallest absolute Gasteiger partial charge is 0.251 e. The van der Waals surface area contributed by atoms with E-state index in [0.29, 0.717) is 28.9 Å². The number of nitrogens with one attached hydrogen (secondary N) is 2. The van der Waals surface area contributed by atoms with Crippen LogP contribution in [0.4, 0.5) is 0 Å². The van der Waals surface area contributed by atoms with Crippen molar-refractivity contribution in [1.29, 1.82) is 0 Å². The van der Waals surface area contributed by atoms with Crippen LogP contribution < -0.4 is 15.4 Å². The molecule has 1 aliphatic carbocycles. The number of nitrogens with zero attached hydrogens (tertiary/aromatic N) is 2. The van der Waals surface area contributed by atoms with Gasteiger partial charge in [-0.15, -0.1) is 0 Å². The maximum atomic E-state index is 12.0. The monoisotopic (exact) mass is 344 g/mol. The number of hydrogen-bond donors (Lipinski definition) is 2. The van der Waals surface area contributed by atoms with E-state index >= 15 is 0 Å². The molecule has 2 N–H and O–H groups in total. The summed E-state index contributed by atoms with van der Waals surface area (Å²) in [7, 11) is 1.54. The van der Waals surface area contributed by atoms with E-state index in [1.54, 1.807) is 31.4 Å². The number of rotatable bonds is 8. The number of aromatic nitrogens is 2. The molecule has 0 spiro atoms. The lowest BCUT2D eigenvalue weighted by Crippen LogP contribution is -2.30. The number of carbonyl (C=O) groups is 2. The summed E-state index contributed by atoms with van der Waals surface area (Å²) in [5, 5.41) is 9.24. The van der Waals surface area contributed by atoms with E-state index in [2.05, 4.69) is 20.8 Å².